The van der Waals surface area contributed by atoms with Gasteiger partial charge in [-0.2, -0.15) is 0 Å². The summed E-state index contributed by atoms with van der Waals surface area (Å²) in [6, 6.07) is 7.66. The van der Waals surface area contributed by atoms with E-state index < -0.39 is 10.0 Å². The molecule has 7 nitrogen and oxygen atoms in total. The Balaban J connectivity index is 1.48. The van der Waals surface area contributed by atoms with Gasteiger partial charge in [0.25, 0.3) is 0 Å². The minimum absolute atomic E-state index is 0.0726. The monoisotopic (exact) mass is 394 g/mol. The molecule has 27 heavy (non-hydrogen) atoms. The summed E-state index contributed by atoms with van der Waals surface area (Å²) in [6.07, 6.45) is 3.32. The van der Waals surface area contributed by atoms with Crippen molar-refractivity contribution in [3.05, 3.63) is 29.8 Å². The first-order chi connectivity index (χ1) is 12.8. The molecule has 0 aromatic heterocycles. The minimum Gasteiger partial charge on any atom is -0.338 e. The van der Waals surface area contributed by atoms with Crippen LogP contribution in [0.4, 0.5) is 10.5 Å². The van der Waals surface area contributed by atoms with Gasteiger partial charge in [-0.3, -0.25) is 4.72 Å². The van der Waals surface area contributed by atoms with Crippen molar-refractivity contribution in [3.8, 4) is 0 Å². The van der Waals surface area contributed by atoms with Crippen LogP contribution in [0.1, 0.15) is 18.9 Å². The molecular weight excluding hydrogens is 364 g/mol. The van der Waals surface area contributed by atoms with E-state index in [0.717, 1.165) is 45.4 Å². The number of benzene rings is 1. The highest BCUT2D eigenvalue weighted by Crippen LogP contribution is 2.28. The second-order valence-electron chi connectivity index (χ2n) is 7.79. The summed E-state index contributed by atoms with van der Waals surface area (Å²) >= 11 is 0. The molecule has 2 bridgehead atoms. The number of nitrogens with zero attached hydrogens (tertiary/aromatic N) is 2. The van der Waals surface area contributed by atoms with Crippen molar-refractivity contribution in [2.45, 2.75) is 19.8 Å². The summed E-state index contributed by atoms with van der Waals surface area (Å²) in [5.41, 5.74) is 1.80. The van der Waals surface area contributed by atoms with Gasteiger partial charge in [-0.25, -0.2) is 13.2 Å². The molecule has 0 spiro atoms. The molecule has 3 rings (SSSR count). The van der Waals surface area contributed by atoms with Crippen molar-refractivity contribution < 1.29 is 13.2 Å². The Hall–Kier alpha value is -1.80. The quantitative estimate of drug-likeness (QED) is 0.768. The number of sulfonamides is 1. The zero-order valence-corrected chi connectivity index (χ0v) is 17.0. The Morgan fingerprint density at radius 3 is 2.30 bits per heavy atom. The summed E-state index contributed by atoms with van der Waals surface area (Å²) in [5.74, 6) is 1.11. The molecule has 2 heterocycles. The predicted molar refractivity (Wildman–Crippen MR) is 107 cm³/mol. The first kappa shape index (κ1) is 19.9. The summed E-state index contributed by atoms with van der Waals surface area (Å²) < 4.78 is 25.0. The van der Waals surface area contributed by atoms with Crippen LogP contribution >= 0.6 is 0 Å². The van der Waals surface area contributed by atoms with Crippen LogP contribution in [0.5, 0.6) is 0 Å². The highest BCUT2D eigenvalue weighted by Gasteiger charge is 2.35. The second-order valence-corrected chi connectivity index (χ2v) is 9.54. The lowest BCUT2D eigenvalue weighted by Crippen LogP contribution is -2.56. The van der Waals surface area contributed by atoms with E-state index in [4.69, 9.17) is 0 Å². The molecule has 150 valence electrons. The average Bonchev–Trinajstić information content (AvgIpc) is 2.59. The third kappa shape index (κ3) is 5.84. The number of fused-ring (bicyclic) bond motifs is 2. The molecule has 2 atom stereocenters. The molecule has 2 amide bonds. The van der Waals surface area contributed by atoms with E-state index in [1.54, 1.807) is 0 Å². The van der Waals surface area contributed by atoms with Crippen LogP contribution < -0.4 is 10.0 Å². The lowest BCUT2D eigenvalue weighted by atomic mass is 9.84. The van der Waals surface area contributed by atoms with E-state index in [0.29, 0.717) is 24.1 Å². The van der Waals surface area contributed by atoms with Gasteiger partial charge in [0.1, 0.15) is 0 Å². The van der Waals surface area contributed by atoms with Crippen molar-refractivity contribution >= 4 is 21.7 Å². The fourth-order valence-electron chi connectivity index (χ4n) is 4.24. The van der Waals surface area contributed by atoms with Gasteiger partial charge in [0.15, 0.2) is 0 Å². The Kier molecular flexibility index (Phi) is 6.26. The fraction of sp³-hybridized carbons (Fsp3) is 0.632. The third-order valence-electron chi connectivity index (χ3n) is 5.25. The van der Waals surface area contributed by atoms with Gasteiger partial charge in [-0.15, -0.1) is 0 Å². The SMILES string of the molecule is CCNC(=O)N1CC2CC(CN(CCc3ccc(NS(C)(=O)=O)cc3)C2)C1. The lowest BCUT2D eigenvalue weighted by molar-refractivity contribution is 0.0473. The number of carbonyl (C=O) groups excluding carboxylic acids is 1. The Bertz CT molecular complexity index is 737. The molecule has 2 aliphatic rings. The fourth-order valence-corrected chi connectivity index (χ4v) is 4.80. The number of hydrogen-bond acceptors (Lipinski definition) is 4. The molecule has 2 saturated heterocycles. The number of anilines is 1. The molecule has 0 saturated carbocycles. The Morgan fingerprint density at radius 1 is 1.11 bits per heavy atom. The average molecular weight is 395 g/mol. The van der Waals surface area contributed by atoms with Crippen molar-refractivity contribution in [2.75, 3.05) is 50.2 Å². The summed E-state index contributed by atoms with van der Waals surface area (Å²) in [6.45, 7) is 7.41. The summed E-state index contributed by atoms with van der Waals surface area (Å²) in [4.78, 5) is 16.6. The first-order valence-corrected chi connectivity index (χ1v) is 11.5. The highest BCUT2D eigenvalue weighted by atomic mass is 32.2. The number of hydrogen-bond donors (Lipinski definition) is 2. The van der Waals surface area contributed by atoms with Gasteiger partial charge < -0.3 is 15.1 Å². The van der Waals surface area contributed by atoms with E-state index in [1.807, 2.05) is 36.1 Å². The standard InChI is InChI=1S/C19H30N4O3S/c1-3-20-19(24)23-13-16-10-17(14-23)12-22(11-16)9-8-15-4-6-18(7-5-15)21-27(2,25)26/h4-7,16-17,21H,3,8-14H2,1-2H3,(H,20,24). The van der Waals surface area contributed by atoms with Crippen LogP contribution in [0.3, 0.4) is 0 Å². The topological polar surface area (TPSA) is 81.8 Å². The van der Waals surface area contributed by atoms with Gasteiger partial charge in [-0.1, -0.05) is 12.1 Å². The number of likely N-dealkylation sites (tertiary alicyclic amines) is 2. The zero-order chi connectivity index (χ0) is 19.4. The molecule has 2 N–H and O–H groups in total. The number of amides is 2. The lowest BCUT2D eigenvalue weighted by Gasteiger charge is -2.45. The van der Waals surface area contributed by atoms with E-state index in [9.17, 15) is 13.2 Å². The number of rotatable bonds is 6. The molecule has 8 heteroatoms. The van der Waals surface area contributed by atoms with Crippen molar-refractivity contribution in [3.63, 3.8) is 0 Å². The smallest absolute Gasteiger partial charge is 0.317 e. The van der Waals surface area contributed by atoms with Gasteiger partial charge in [0.05, 0.1) is 6.26 Å². The second kappa shape index (κ2) is 8.48. The predicted octanol–water partition coefficient (Wildman–Crippen LogP) is 1.58. The van der Waals surface area contributed by atoms with E-state index in [2.05, 4.69) is 14.9 Å². The third-order valence-corrected chi connectivity index (χ3v) is 5.85. The Morgan fingerprint density at radius 2 is 1.74 bits per heavy atom. The van der Waals surface area contributed by atoms with Crippen LogP contribution in [0, 0.1) is 11.8 Å². The molecule has 1 aromatic carbocycles. The van der Waals surface area contributed by atoms with Crippen LogP contribution in [-0.2, 0) is 16.4 Å². The highest BCUT2D eigenvalue weighted by molar-refractivity contribution is 7.92. The number of urea groups is 1. The molecule has 0 aliphatic carbocycles. The molecule has 1 aromatic rings. The normalized spacial score (nSPS) is 23.1. The van der Waals surface area contributed by atoms with Crippen LogP contribution in [0.25, 0.3) is 0 Å². The van der Waals surface area contributed by atoms with E-state index >= 15 is 0 Å². The molecular formula is C19H30N4O3S. The number of carbonyl (C=O) groups is 1. The maximum atomic E-state index is 12.1. The number of piperidine rings is 2. The van der Waals surface area contributed by atoms with Gasteiger partial charge in [0, 0.05) is 45.0 Å². The van der Waals surface area contributed by atoms with Crippen molar-refractivity contribution in [1.82, 2.24) is 15.1 Å². The summed E-state index contributed by atoms with van der Waals surface area (Å²) in [7, 11) is -3.23. The summed E-state index contributed by atoms with van der Waals surface area (Å²) in [5, 5.41) is 2.91. The van der Waals surface area contributed by atoms with Crippen molar-refractivity contribution in [2.24, 2.45) is 11.8 Å². The molecule has 2 unspecified atom stereocenters. The Labute approximate surface area is 162 Å². The van der Waals surface area contributed by atoms with Gasteiger partial charge in [0.2, 0.25) is 10.0 Å². The molecule has 2 aliphatic heterocycles. The zero-order valence-electron chi connectivity index (χ0n) is 16.1. The van der Waals surface area contributed by atoms with Gasteiger partial charge in [-0.05, 0) is 49.3 Å². The number of nitrogens with one attached hydrogen (secondary N) is 2. The molecule has 0 radical (unpaired) electrons. The largest absolute Gasteiger partial charge is 0.338 e. The van der Waals surface area contributed by atoms with Crippen LogP contribution in [0.15, 0.2) is 24.3 Å². The molecule has 2 fully saturated rings. The van der Waals surface area contributed by atoms with Gasteiger partial charge >= 0.3 is 6.03 Å². The maximum absolute atomic E-state index is 12.1. The minimum atomic E-state index is -3.23. The van der Waals surface area contributed by atoms with Crippen molar-refractivity contribution in [1.29, 1.82) is 0 Å². The van der Waals surface area contributed by atoms with E-state index in [-0.39, 0.29) is 6.03 Å². The maximum Gasteiger partial charge on any atom is 0.317 e. The van der Waals surface area contributed by atoms with Crippen LogP contribution in [0.2, 0.25) is 0 Å². The first-order valence-electron chi connectivity index (χ1n) is 9.64. The van der Waals surface area contributed by atoms with Crippen LogP contribution in [-0.4, -0.2) is 69.8 Å². The van der Waals surface area contributed by atoms with E-state index in [1.165, 1.54) is 12.0 Å².